The van der Waals surface area contributed by atoms with Crippen LogP contribution in [0.1, 0.15) is 17.4 Å². The molecular weight excluding hydrogens is 270 g/mol. The lowest BCUT2D eigenvalue weighted by Gasteiger charge is -2.24. The lowest BCUT2D eigenvalue weighted by atomic mass is 10.2. The second kappa shape index (κ2) is 8.15. The van der Waals surface area contributed by atoms with Crippen molar-refractivity contribution >= 4 is 11.8 Å². The van der Waals surface area contributed by atoms with Gasteiger partial charge < -0.3 is 9.52 Å². The summed E-state index contributed by atoms with van der Waals surface area (Å²) in [6, 6.07) is 14.0. The first kappa shape index (κ1) is 15.2. The van der Waals surface area contributed by atoms with E-state index in [1.165, 1.54) is 5.56 Å². The van der Waals surface area contributed by atoms with Crippen molar-refractivity contribution in [2.45, 2.75) is 12.6 Å². The van der Waals surface area contributed by atoms with Gasteiger partial charge in [0.05, 0.1) is 6.26 Å². The zero-order valence-electron chi connectivity index (χ0n) is 11.7. The summed E-state index contributed by atoms with van der Waals surface area (Å²) >= 11 is 1.82. The van der Waals surface area contributed by atoms with Crippen LogP contribution in [0, 0.1) is 0 Å². The summed E-state index contributed by atoms with van der Waals surface area (Å²) in [6.45, 7) is 2.38. The largest absolute Gasteiger partial charge is 0.467 e. The van der Waals surface area contributed by atoms with Crippen molar-refractivity contribution in [2.75, 3.05) is 25.1 Å². The van der Waals surface area contributed by atoms with Gasteiger partial charge in [-0.1, -0.05) is 30.3 Å². The Balaban J connectivity index is 1.96. The predicted molar refractivity (Wildman–Crippen MR) is 83.8 cm³/mol. The van der Waals surface area contributed by atoms with Crippen LogP contribution in [0.5, 0.6) is 0 Å². The fourth-order valence-corrected chi connectivity index (χ4v) is 2.55. The van der Waals surface area contributed by atoms with E-state index in [2.05, 4.69) is 23.3 Å². The molecule has 108 valence electrons. The SMILES string of the molecule is CSCCN(Cc1ccccc1)CC(O)c1ccco1. The molecule has 1 N–H and O–H groups in total. The summed E-state index contributed by atoms with van der Waals surface area (Å²) in [7, 11) is 0. The van der Waals surface area contributed by atoms with Gasteiger partial charge in [0.25, 0.3) is 0 Å². The van der Waals surface area contributed by atoms with E-state index in [1.807, 2.05) is 42.1 Å². The molecule has 0 fully saturated rings. The first-order chi connectivity index (χ1) is 9.79. The van der Waals surface area contributed by atoms with Crippen molar-refractivity contribution in [1.29, 1.82) is 0 Å². The van der Waals surface area contributed by atoms with Crippen molar-refractivity contribution in [2.24, 2.45) is 0 Å². The molecule has 1 aromatic heterocycles. The van der Waals surface area contributed by atoms with Crippen LogP contribution in [0.3, 0.4) is 0 Å². The molecule has 0 spiro atoms. The van der Waals surface area contributed by atoms with Gasteiger partial charge in [0.15, 0.2) is 0 Å². The van der Waals surface area contributed by atoms with Crippen molar-refractivity contribution in [3.8, 4) is 0 Å². The number of aliphatic hydroxyl groups is 1. The first-order valence-electron chi connectivity index (χ1n) is 6.76. The highest BCUT2D eigenvalue weighted by atomic mass is 32.2. The Kier molecular flexibility index (Phi) is 6.18. The topological polar surface area (TPSA) is 36.6 Å². The fourth-order valence-electron chi connectivity index (χ4n) is 2.11. The maximum absolute atomic E-state index is 10.2. The molecule has 0 bridgehead atoms. The van der Waals surface area contributed by atoms with Crippen LogP contribution in [0.15, 0.2) is 53.1 Å². The number of furan rings is 1. The Labute approximate surface area is 124 Å². The number of benzene rings is 1. The number of rotatable bonds is 8. The number of aliphatic hydroxyl groups excluding tert-OH is 1. The lowest BCUT2D eigenvalue weighted by Crippen LogP contribution is -2.30. The molecule has 20 heavy (non-hydrogen) atoms. The molecular formula is C16H21NO2S. The van der Waals surface area contributed by atoms with Crippen molar-refractivity contribution < 1.29 is 9.52 Å². The third-order valence-corrected chi connectivity index (χ3v) is 3.75. The van der Waals surface area contributed by atoms with Gasteiger partial charge in [0, 0.05) is 25.4 Å². The molecule has 2 rings (SSSR count). The zero-order chi connectivity index (χ0) is 14.2. The van der Waals surface area contributed by atoms with Crippen LogP contribution in [-0.2, 0) is 6.54 Å². The molecule has 1 unspecified atom stereocenters. The van der Waals surface area contributed by atoms with Crippen LogP contribution < -0.4 is 0 Å². The molecule has 0 aliphatic heterocycles. The summed E-state index contributed by atoms with van der Waals surface area (Å²) in [5.74, 6) is 1.68. The summed E-state index contributed by atoms with van der Waals surface area (Å²) < 4.78 is 5.27. The minimum Gasteiger partial charge on any atom is -0.467 e. The zero-order valence-corrected chi connectivity index (χ0v) is 12.6. The summed E-state index contributed by atoms with van der Waals surface area (Å²) in [5, 5.41) is 10.2. The van der Waals surface area contributed by atoms with Crippen molar-refractivity contribution in [3.63, 3.8) is 0 Å². The van der Waals surface area contributed by atoms with Gasteiger partial charge in [-0.15, -0.1) is 0 Å². The van der Waals surface area contributed by atoms with Crippen molar-refractivity contribution in [3.05, 3.63) is 60.1 Å². The molecule has 1 heterocycles. The van der Waals surface area contributed by atoms with Crippen molar-refractivity contribution in [1.82, 2.24) is 4.90 Å². The monoisotopic (exact) mass is 291 g/mol. The van der Waals surface area contributed by atoms with Crippen LogP contribution >= 0.6 is 11.8 Å². The first-order valence-corrected chi connectivity index (χ1v) is 8.15. The van der Waals surface area contributed by atoms with E-state index in [9.17, 15) is 5.11 Å². The van der Waals surface area contributed by atoms with Gasteiger partial charge in [-0.2, -0.15) is 11.8 Å². The minimum atomic E-state index is -0.574. The van der Waals surface area contributed by atoms with Crippen LogP contribution in [0.4, 0.5) is 0 Å². The Hall–Kier alpha value is -1.23. The molecule has 1 atom stereocenters. The molecule has 0 aliphatic carbocycles. The molecule has 1 aromatic carbocycles. The maximum Gasteiger partial charge on any atom is 0.133 e. The van der Waals surface area contributed by atoms with E-state index in [0.29, 0.717) is 12.3 Å². The number of thioether (sulfide) groups is 1. The van der Waals surface area contributed by atoms with Crippen LogP contribution in [0.25, 0.3) is 0 Å². The highest BCUT2D eigenvalue weighted by molar-refractivity contribution is 7.98. The number of hydrogen-bond acceptors (Lipinski definition) is 4. The molecule has 0 saturated heterocycles. The molecule has 0 saturated carbocycles. The summed E-state index contributed by atoms with van der Waals surface area (Å²) in [5.41, 5.74) is 1.26. The maximum atomic E-state index is 10.2. The third kappa shape index (κ3) is 4.71. The van der Waals surface area contributed by atoms with Gasteiger partial charge in [0.1, 0.15) is 11.9 Å². The van der Waals surface area contributed by atoms with Gasteiger partial charge in [-0.25, -0.2) is 0 Å². The summed E-state index contributed by atoms with van der Waals surface area (Å²) in [6.07, 6.45) is 3.13. The molecule has 0 amide bonds. The Morgan fingerprint density at radius 2 is 2.00 bits per heavy atom. The Bertz CT molecular complexity index is 472. The second-order valence-corrected chi connectivity index (χ2v) is 5.73. The van der Waals surface area contributed by atoms with E-state index in [1.54, 1.807) is 6.26 Å². The molecule has 0 radical (unpaired) electrons. The molecule has 2 aromatic rings. The van der Waals surface area contributed by atoms with E-state index in [4.69, 9.17) is 4.42 Å². The highest BCUT2D eigenvalue weighted by Gasteiger charge is 2.15. The Morgan fingerprint density at radius 1 is 1.20 bits per heavy atom. The van der Waals surface area contributed by atoms with E-state index >= 15 is 0 Å². The van der Waals surface area contributed by atoms with Crippen LogP contribution in [-0.4, -0.2) is 35.1 Å². The number of nitrogens with zero attached hydrogens (tertiary/aromatic N) is 1. The van der Waals surface area contributed by atoms with Crippen LogP contribution in [0.2, 0.25) is 0 Å². The Morgan fingerprint density at radius 3 is 2.65 bits per heavy atom. The molecule has 3 nitrogen and oxygen atoms in total. The van der Waals surface area contributed by atoms with Gasteiger partial charge in [-0.3, -0.25) is 4.90 Å². The van der Waals surface area contributed by atoms with E-state index in [0.717, 1.165) is 18.8 Å². The smallest absolute Gasteiger partial charge is 0.133 e. The molecule has 4 heteroatoms. The quantitative estimate of drug-likeness (QED) is 0.810. The van der Waals surface area contributed by atoms with Gasteiger partial charge in [-0.05, 0) is 24.0 Å². The van der Waals surface area contributed by atoms with Gasteiger partial charge >= 0.3 is 0 Å². The second-order valence-electron chi connectivity index (χ2n) is 4.74. The van der Waals surface area contributed by atoms with E-state index < -0.39 is 6.10 Å². The number of hydrogen-bond donors (Lipinski definition) is 1. The fraction of sp³-hybridized carbons (Fsp3) is 0.375. The average molecular weight is 291 g/mol. The normalized spacial score (nSPS) is 12.8. The highest BCUT2D eigenvalue weighted by Crippen LogP contribution is 2.16. The third-order valence-electron chi connectivity index (χ3n) is 3.16. The summed E-state index contributed by atoms with van der Waals surface area (Å²) in [4.78, 5) is 2.26. The molecule has 0 aliphatic rings. The predicted octanol–water partition coefficient (Wildman–Crippen LogP) is 3.18. The lowest BCUT2D eigenvalue weighted by molar-refractivity contribution is 0.0941. The standard InChI is InChI=1S/C16H21NO2S/c1-20-11-9-17(12-14-6-3-2-4-7-14)13-15(18)16-8-5-10-19-16/h2-8,10,15,18H,9,11-13H2,1H3. The van der Waals surface area contributed by atoms with E-state index in [-0.39, 0.29) is 0 Å². The minimum absolute atomic E-state index is 0.574. The van der Waals surface area contributed by atoms with Gasteiger partial charge in [0.2, 0.25) is 0 Å². The average Bonchev–Trinajstić information content (AvgIpc) is 3.00.